The highest BCUT2D eigenvalue weighted by atomic mass is 35.5. The number of amides is 2. The second-order valence-electron chi connectivity index (χ2n) is 8.24. The number of rotatable bonds is 5. The molecule has 0 saturated carbocycles. The van der Waals surface area contributed by atoms with Gasteiger partial charge in [-0.3, -0.25) is 14.7 Å². The summed E-state index contributed by atoms with van der Waals surface area (Å²) in [7, 11) is 0. The molecule has 0 bridgehead atoms. The van der Waals surface area contributed by atoms with E-state index in [9.17, 15) is 14.0 Å². The lowest BCUT2D eigenvalue weighted by molar-refractivity contribution is -0.113. The number of benzene rings is 1. The van der Waals surface area contributed by atoms with Crippen LogP contribution in [0.5, 0.6) is 5.75 Å². The third-order valence-electron chi connectivity index (χ3n) is 6.16. The normalized spacial score (nSPS) is 21.1. The first-order valence-electron chi connectivity index (χ1n) is 11.5. The molecule has 1 atom stereocenters. The van der Waals surface area contributed by atoms with Crippen LogP contribution in [0.4, 0.5) is 9.18 Å². The van der Waals surface area contributed by atoms with Crippen LogP contribution < -0.4 is 10.2 Å². The first kappa shape index (κ1) is 29.4. The van der Waals surface area contributed by atoms with E-state index in [1.165, 1.54) is 30.0 Å². The number of thioether (sulfide) groups is 1. The summed E-state index contributed by atoms with van der Waals surface area (Å²) in [5.41, 5.74) is 3.56. The quantitative estimate of drug-likeness (QED) is 0.554. The van der Waals surface area contributed by atoms with Gasteiger partial charge >= 0.3 is 6.09 Å². The van der Waals surface area contributed by atoms with Crippen molar-refractivity contribution < 1.29 is 18.7 Å². The molecule has 0 aliphatic carbocycles. The van der Waals surface area contributed by atoms with Gasteiger partial charge in [-0.2, -0.15) is 4.99 Å². The Morgan fingerprint density at radius 1 is 1.29 bits per heavy atom. The summed E-state index contributed by atoms with van der Waals surface area (Å²) in [6, 6.07) is 4.25. The molecule has 0 aromatic heterocycles. The summed E-state index contributed by atoms with van der Waals surface area (Å²) in [6.45, 7) is 8.93. The van der Waals surface area contributed by atoms with E-state index in [1.54, 1.807) is 11.0 Å². The summed E-state index contributed by atoms with van der Waals surface area (Å²) in [6.07, 6.45) is 4.08. The molecule has 0 radical (unpaired) electrons. The number of carbonyl (C=O) groups is 2. The van der Waals surface area contributed by atoms with E-state index in [1.807, 2.05) is 5.01 Å². The van der Waals surface area contributed by atoms with Crippen LogP contribution in [-0.4, -0.2) is 77.3 Å². The minimum Gasteiger partial charge on any atom is -0.410 e. The van der Waals surface area contributed by atoms with Gasteiger partial charge in [-0.25, -0.2) is 14.6 Å². The van der Waals surface area contributed by atoms with E-state index in [0.717, 1.165) is 45.4 Å². The predicted octanol–water partition coefficient (Wildman–Crippen LogP) is 4.15. The van der Waals surface area contributed by atoms with Gasteiger partial charge in [-0.1, -0.05) is 13.8 Å². The average Bonchev–Trinajstić information content (AvgIpc) is 3.45. The van der Waals surface area contributed by atoms with Crippen molar-refractivity contribution in [2.24, 2.45) is 4.99 Å². The molecule has 1 N–H and O–H groups in total. The van der Waals surface area contributed by atoms with Crippen LogP contribution in [0.25, 0.3) is 6.08 Å². The standard InChI is InChI=1S/C23H30FN5O3S.2ClH/c1-3-27(4-2)18-9-12-28(15-18)23(31)32-19-8-7-17(24)13-16(19)14-20-21(30)26-22(33-20)29-11-6-5-10-25-29;;/h7-8,13-14,18,25H,3-6,9-12,15H2,1-2H3;2*1H/b20-14+;;/t18-;;/m1../s1. The summed E-state index contributed by atoms with van der Waals surface area (Å²) in [4.78, 5) is 33.8. The first-order chi connectivity index (χ1) is 16.0. The Kier molecular flexibility index (Phi) is 11.3. The van der Waals surface area contributed by atoms with Gasteiger partial charge in [-0.15, -0.1) is 24.8 Å². The van der Waals surface area contributed by atoms with Gasteiger partial charge in [-0.05, 0) is 68.4 Å². The Morgan fingerprint density at radius 2 is 2.06 bits per heavy atom. The molecule has 3 aliphatic rings. The number of carbonyl (C=O) groups excluding carboxylic acids is 2. The summed E-state index contributed by atoms with van der Waals surface area (Å²) >= 11 is 1.23. The van der Waals surface area contributed by atoms with Crippen molar-refractivity contribution in [2.75, 3.05) is 39.3 Å². The molecule has 0 spiro atoms. The zero-order valence-electron chi connectivity index (χ0n) is 19.9. The highest BCUT2D eigenvalue weighted by Crippen LogP contribution is 2.33. The Hall–Kier alpha value is -1.85. The van der Waals surface area contributed by atoms with E-state index in [4.69, 9.17) is 4.74 Å². The van der Waals surface area contributed by atoms with Crippen LogP contribution in [0.2, 0.25) is 0 Å². The molecule has 3 heterocycles. The Labute approximate surface area is 222 Å². The number of nitrogens with one attached hydrogen (secondary N) is 1. The number of hydrazine groups is 1. The lowest BCUT2D eigenvalue weighted by Gasteiger charge is -2.28. The molecule has 8 nitrogen and oxygen atoms in total. The van der Waals surface area contributed by atoms with Crippen molar-refractivity contribution >= 4 is 59.8 Å². The molecule has 0 unspecified atom stereocenters. The fourth-order valence-electron chi connectivity index (χ4n) is 4.34. The van der Waals surface area contributed by atoms with Crippen molar-refractivity contribution in [3.8, 4) is 5.75 Å². The highest BCUT2D eigenvalue weighted by molar-refractivity contribution is 8.18. The minimum absolute atomic E-state index is 0. The van der Waals surface area contributed by atoms with Crippen molar-refractivity contribution in [3.05, 3.63) is 34.5 Å². The largest absolute Gasteiger partial charge is 0.415 e. The number of aliphatic imine (C=N–C) groups is 1. The summed E-state index contributed by atoms with van der Waals surface area (Å²) in [5, 5.41) is 2.46. The van der Waals surface area contributed by atoms with Crippen molar-refractivity contribution in [2.45, 2.75) is 39.2 Å². The molecule has 35 heavy (non-hydrogen) atoms. The number of amidine groups is 1. The second-order valence-corrected chi connectivity index (χ2v) is 9.25. The zero-order valence-corrected chi connectivity index (χ0v) is 22.3. The molecule has 1 aromatic rings. The Balaban J connectivity index is 0.00000216. The van der Waals surface area contributed by atoms with Crippen LogP contribution in [-0.2, 0) is 4.79 Å². The van der Waals surface area contributed by atoms with Gasteiger partial charge in [0, 0.05) is 37.8 Å². The number of likely N-dealkylation sites (N-methyl/N-ethyl adjacent to an activating group) is 1. The van der Waals surface area contributed by atoms with Gasteiger partial charge in [0.2, 0.25) is 0 Å². The molecule has 12 heteroatoms. The summed E-state index contributed by atoms with van der Waals surface area (Å²) in [5.74, 6) is -0.637. The van der Waals surface area contributed by atoms with Gasteiger partial charge in [0.15, 0.2) is 5.17 Å². The smallest absolute Gasteiger partial charge is 0.410 e. The minimum atomic E-state index is -0.473. The third kappa shape index (κ3) is 7.10. The van der Waals surface area contributed by atoms with Crippen molar-refractivity contribution in [1.29, 1.82) is 0 Å². The van der Waals surface area contributed by atoms with E-state index in [2.05, 4.69) is 29.2 Å². The van der Waals surface area contributed by atoms with Gasteiger partial charge in [0.1, 0.15) is 11.6 Å². The van der Waals surface area contributed by atoms with Crippen molar-refractivity contribution in [1.82, 2.24) is 20.2 Å². The van der Waals surface area contributed by atoms with Crippen LogP contribution in [0.3, 0.4) is 0 Å². The molecule has 4 rings (SSSR count). The van der Waals surface area contributed by atoms with Crippen molar-refractivity contribution in [3.63, 3.8) is 0 Å². The van der Waals surface area contributed by atoms with Crippen LogP contribution in [0, 0.1) is 5.82 Å². The molecule has 2 fully saturated rings. The third-order valence-corrected chi connectivity index (χ3v) is 7.16. The predicted molar refractivity (Wildman–Crippen MR) is 142 cm³/mol. The van der Waals surface area contributed by atoms with Crippen LogP contribution in [0.15, 0.2) is 28.1 Å². The maximum Gasteiger partial charge on any atom is 0.415 e. The summed E-state index contributed by atoms with van der Waals surface area (Å²) < 4.78 is 19.7. The molecule has 3 aliphatic heterocycles. The molecule has 194 valence electrons. The fraction of sp³-hybridized carbons (Fsp3) is 0.522. The van der Waals surface area contributed by atoms with Crippen LogP contribution >= 0.6 is 36.6 Å². The topological polar surface area (TPSA) is 77.5 Å². The number of likely N-dealkylation sites (tertiary alicyclic amines) is 1. The maximum absolute atomic E-state index is 14.0. The van der Waals surface area contributed by atoms with Gasteiger partial charge in [0.25, 0.3) is 5.91 Å². The maximum atomic E-state index is 14.0. The first-order valence-corrected chi connectivity index (χ1v) is 12.3. The Bertz CT molecular complexity index is 970. The highest BCUT2D eigenvalue weighted by Gasteiger charge is 2.31. The van der Waals surface area contributed by atoms with E-state index < -0.39 is 11.9 Å². The SMILES string of the molecule is CCN(CC)[C@@H]1CCN(C(=O)Oc2ccc(F)cc2/C=C2/SC(N3CCCCN3)=NC2=O)C1.Cl.Cl. The Morgan fingerprint density at radius 3 is 2.74 bits per heavy atom. The number of hydrogen-bond acceptors (Lipinski definition) is 7. The van der Waals surface area contributed by atoms with E-state index in [0.29, 0.717) is 34.8 Å². The van der Waals surface area contributed by atoms with E-state index >= 15 is 0 Å². The van der Waals surface area contributed by atoms with Gasteiger partial charge in [0.05, 0.1) is 4.91 Å². The number of halogens is 3. The second kappa shape index (κ2) is 13.5. The lowest BCUT2D eigenvalue weighted by atomic mass is 10.2. The van der Waals surface area contributed by atoms with E-state index in [-0.39, 0.29) is 36.5 Å². The molecule has 2 saturated heterocycles. The van der Waals surface area contributed by atoms with Crippen LogP contribution in [0.1, 0.15) is 38.7 Å². The fourth-order valence-corrected chi connectivity index (χ4v) is 5.25. The van der Waals surface area contributed by atoms with Gasteiger partial charge < -0.3 is 9.64 Å². The lowest BCUT2D eigenvalue weighted by Crippen LogP contribution is -2.45. The monoisotopic (exact) mass is 547 g/mol. The number of hydrogen-bond donors (Lipinski definition) is 1. The molecular weight excluding hydrogens is 516 g/mol. The zero-order chi connectivity index (χ0) is 23.4. The number of nitrogens with zero attached hydrogens (tertiary/aromatic N) is 4. The average molecular weight is 549 g/mol. The molecular formula is C23H32Cl2FN5O3S. The molecule has 1 aromatic carbocycles. The number of ether oxygens (including phenoxy) is 1. The molecule has 2 amide bonds.